The lowest BCUT2D eigenvalue weighted by molar-refractivity contribution is 0.0730. The minimum atomic E-state index is -3.87. The SMILES string of the molecule is CS(=O)(=O)NC1CCCN(S(=O)(=O)c2ccc(S(=O)(=O)N3CCOCC3)cc2)C1. The second-order valence-electron chi connectivity index (χ2n) is 7.08. The van der Waals surface area contributed by atoms with Crippen LogP contribution in [0.25, 0.3) is 0 Å². The number of ether oxygens (including phenoxy) is 1. The molecule has 2 aliphatic heterocycles. The van der Waals surface area contributed by atoms with Crippen molar-refractivity contribution in [2.45, 2.75) is 28.7 Å². The average Bonchev–Trinajstić information content (AvgIpc) is 2.67. The Bertz CT molecular complexity index is 1030. The largest absolute Gasteiger partial charge is 0.379 e. The predicted octanol–water partition coefficient (Wildman–Crippen LogP) is -0.590. The molecule has 164 valence electrons. The van der Waals surface area contributed by atoms with Crippen molar-refractivity contribution in [3.63, 3.8) is 0 Å². The van der Waals surface area contributed by atoms with E-state index >= 15 is 0 Å². The van der Waals surface area contributed by atoms with E-state index < -0.39 is 36.1 Å². The summed E-state index contributed by atoms with van der Waals surface area (Å²) in [6, 6.07) is 4.63. The molecule has 1 N–H and O–H groups in total. The number of hydrogen-bond acceptors (Lipinski definition) is 7. The fraction of sp³-hybridized carbons (Fsp3) is 0.625. The first-order chi connectivity index (χ1) is 13.5. The summed E-state index contributed by atoms with van der Waals surface area (Å²) in [5.74, 6) is 0. The quantitative estimate of drug-likeness (QED) is 0.592. The van der Waals surface area contributed by atoms with Gasteiger partial charge in [0.2, 0.25) is 30.1 Å². The third-order valence-electron chi connectivity index (χ3n) is 4.83. The highest BCUT2D eigenvalue weighted by Gasteiger charge is 2.32. The highest BCUT2D eigenvalue weighted by atomic mass is 32.2. The molecular formula is C16H25N3O7S3. The third-order valence-corrected chi connectivity index (χ3v) is 9.39. The molecule has 0 aromatic heterocycles. The first-order valence-electron chi connectivity index (χ1n) is 9.15. The number of rotatable bonds is 6. The standard InChI is InChI=1S/C16H25N3O7S3/c1-27(20,21)17-14-3-2-8-19(13-14)29(24,25)16-6-4-15(5-7-16)28(22,23)18-9-11-26-12-10-18/h4-7,14,17H,2-3,8-13H2,1H3. The lowest BCUT2D eigenvalue weighted by Gasteiger charge is -2.32. The summed E-state index contributed by atoms with van der Waals surface area (Å²) in [7, 11) is -11.0. The lowest BCUT2D eigenvalue weighted by atomic mass is 10.1. The first kappa shape index (κ1) is 22.6. The van der Waals surface area contributed by atoms with Crippen molar-refractivity contribution in [3.05, 3.63) is 24.3 Å². The third kappa shape index (κ3) is 5.34. The Balaban J connectivity index is 1.77. The number of benzene rings is 1. The molecule has 0 saturated carbocycles. The van der Waals surface area contributed by atoms with Gasteiger partial charge in [0.05, 0.1) is 29.3 Å². The van der Waals surface area contributed by atoms with Crippen LogP contribution >= 0.6 is 0 Å². The molecule has 10 nitrogen and oxygen atoms in total. The normalized spacial score (nSPS) is 23.1. The van der Waals surface area contributed by atoms with Crippen LogP contribution in [0.15, 0.2) is 34.1 Å². The number of nitrogens with one attached hydrogen (secondary N) is 1. The Morgan fingerprint density at radius 2 is 1.38 bits per heavy atom. The van der Waals surface area contributed by atoms with Crippen LogP contribution < -0.4 is 4.72 Å². The Morgan fingerprint density at radius 1 is 0.862 bits per heavy atom. The molecule has 3 rings (SSSR count). The summed E-state index contributed by atoms with van der Waals surface area (Å²) in [6.45, 7) is 1.46. The van der Waals surface area contributed by atoms with Gasteiger partial charge >= 0.3 is 0 Å². The zero-order valence-corrected chi connectivity index (χ0v) is 18.5. The average molecular weight is 468 g/mol. The van der Waals surface area contributed by atoms with E-state index in [1.54, 1.807) is 0 Å². The van der Waals surface area contributed by atoms with E-state index in [1.165, 1.54) is 32.9 Å². The van der Waals surface area contributed by atoms with Gasteiger partial charge in [-0.2, -0.15) is 8.61 Å². The van der Waals surface area contributed by atoms with Crippen molar-refractivity contribution in [1.29, 1.82) is 0 Å². The van der Waals surface area contributed by atoms with E-state index in [2.05, 4.69) is 4.72 Å². The molecule has 1 aromatic rings. The molecule has 13 heteroatoms. The summed E-state index contributed by atoms with van der Waals surface area (Å²) in [5, 5.41) is 0. The number of nitrogens with zero attached hydrogens (tertiary/aromatic N) is 2. The van der Waals surface area contributed by atoms with Crippen molar-refractivity contribution >= 4 is 30.1 Å². The van der Waals surface area contributed by atoms with Crippen LogP contribution in [-0.2, 0) is 34.8 Å². The molecule has 0 spiro atoms. The number of hydrogen-bond donors (Lipinski definition) is 1. The lowest BCUT2D eigenvalue weighted by Crippen LogP contribution is -2.49. The van der Waals surface area contributed by atoms with E-state index in [1.807, 2.05) is 0 Å². The summed E-state index contributed by atoms with van der Waals surface area (Å²) in [4.78, 5) is -0.00736. The molecule has 1 atom stereocenters. The second kappa shape index (κ2) is 8.57. The monoisotopic (exact) mass is 467 g/mol. The van der Waals surface area contributed by atoms with Gasteiger partial charge in [0.25, 0.3) is 0 Å². The number of morpholine rings is 1. The molecular weight excluding hydrogens is 442 g/mol. The van der Waals surface area contributed by atoms with E-state index in [0.717, 1.165) is 6.26 Å². The molecule has 2 aliphatic rings. The molecule has 1 aromatic carbocycles. The summed E-state index contributed by atoms with van der Waals surface area (Å²) in [6.07, 6.45) is 2.11. The van der Waals surface area contributed by atoms with Crippen LogP contribution in [0.5, 0.6) is 0 Å². The van der Waals surface area contributed by atoms with Crippen molar-refractivity contribution in [2.24, 2.45) is 0 Å². The summed E-state index contributed by atoms with van der Waals surface area (Å²) < 4.78 is 84.2. The van der Waals surface area contributed by atoms with E-state index in [0.29, 0.717) is 26.1 Å². The molecule has 0 amide bonds. The van der Waals surface area contributed by atoms with Crippen molar-refractivity contribution in [3.8, 4) is 0 Å². The minimum Gasteiger partial charge on any atom is -0.379 e. The molecule has 0 radical (unpaired) electrons. The smallest absolute Gasteiger partial charge is 0.243 e. The second-order valence-corrected chi connectivity index (χ2v) is 12.7. The van der Waals surface area contributed by atoms with Gasteiger partial charge in [0.15, 0.2) is 0 Å². The van der Waals surface area contributed by atoms with Crippen LogP contribution in [0, 0.1) is 0 Å². The summed E-state index contributed by atoms with van der Waals surface area (Å²) in [5.41, 5.74) is 0. The maximum absolute atomic E-state index is 12.9. The molecule has 2 fully saturated rings. The van der Waals surface area contributed by atoms with Gasteiger partial charge in [-0.25, -0.2) is 30.0 Å². The van der Waals surface area contributed by atoms with Crippen molar-refractivity contribution < 1.29 is 30.0 Å². The molecule has 0 aliphatic carbocycles. The fourth-order valence-electron chi connectivity index (χ4n) is 3.43. The maximum atomic E-state index is 12.9. The number of piperidine rings is 1. The van der Waals surface area contributed by atoms with Gasteiger partial charge in [-0.15, -0.1) is 0 Å². The minimum absolute atomic E-state index is 0.0219. The van der Waals surface area contributed by atoms with Crippen LogP contribution in [-0.4, -0.2) is 85.6 Å². The van der Waals surface area contributed by atoms with Gasteiger partial charge in [0.1, 0.15) is 0 Å². The van der Waals surface area contributed by atoms with Crippen LogP contribution in [0.2, 0.25) is 0 Å². The summed E-state index contributed by atoms with van der Waals surface area (Å²) >= 11 is 0. The van der Waals surface area contributed by atoms with Crippen LogP contribution in [0.1, 0.15) is 12.8 Å². The molecule has 0 bridgehead atoms. The molecule has 1 unspecified atom stereocenters. The Hall–Kier alpha value is -1.09. The highest BCUT2D eigenvalue weighted by molar-refractivity contribution is 7.89. The van der Waals surface area contributed by atoms with Gasteiger partial charge < -0.3 is 4.74 Å². The molecule has 2 heterocycles. The zero-order valence-electron chi connectivity index (χ0n) is 16.0. The topological polar surface area (TPSA) is 130 Å². The van der Waals surface area contributed by atoms with Gasteiger partial charge in [-0.05, 0) is 37.1 Å². The Morgan fingerprint density at radius 3 is 1.90 bits per heavy atom. The molecule has 29 heavy (non-hydrogen) atoms. The van der Waals surface area contributed by atoms with E-state index in [9.17, 15) is 25.3 Å². The van der Waals surface area contributed by atoms with E-state index in [4.69, 9.17) is 4.74 Å². The van der Waals surface area contributed by atoms with Crippen molar-refractivity contribution in [1.82, 2.24) is 13.3 Å². The van der Waals surface area contributed by atoms with Gasteiger partial charge in [-0.1, -0.05) is 0 Å². The Kier molecular flexibility index (Phi) is 6.68. The van der Waals surface area contributed by atoms with Crippen LogP contribution in [0.4, 0.5) is 0 Å². The predicted molar refractivity (Wildman–Crippen MR) is 106 cm³/mol. The van der Waals surface area contributed by atoms with Crippen LogP contribution in [0.3, 0.4) is 0 Å². The highest BCUT2D eigenvalue weighted by Crippen LogP contribution is 2.24. The van der Waals surface area contributed by atoms with E-state index in [-0.39, 0.29) is 36.0 Å². The first-order valence-corrected chi connectivity index (χ1v) is 13.9. The van der Waals surface area contributed by atoms with Gasteiger partial charge in [0, 0.05) is 32.2 Å². The van der Waals surface area contributed by atoms with Gasteiger partial charge in [-0.3, -0.25) is 0 Å². The zero-order chi connectivity index (χ0) is 21.3. The maximum Gasteiger partial charge on any atom is 0.243 e. The molecule has 2 saturated heterocycles. The Labute approximate surface area is 172 Å². The number of sulfonamides is 3. The van der Waals surface area contributed by atoms with Crippen molar-refractivity contribution in [2.75, 3.05) is 45.6 Å². The fourth-order valence-corrected chi connectivity index (χ4v) is 7.16.